The van der Waals surface area contributed by atoms with Crippen molar-refractivity contribution in [3.05, 3.63) is 36.0 Å². The smallest absolute Gasteiger partial charge is 0.170 e. The van der Waals surface area contributed by atoms with E-state index < -0.39 is 11.6 Å². The zero-order chi connectivity index (χ0) is 10.1. The van der Waals surface area contributed by atoms with Crippen molar-refractivity contribution < 1.29 is 13.2 Å². The highest BCUT2D eigenvalue weighted by atomic mass is 19.4. The van der Waals surface area contributed by atoms with Crippen LogP contribution in [0.3, 0.4) is 0 Å². The van der Waals surface area contributed by atoms with Gasteiger partial charge in [0.15, 0.2) is 0 Å². The summed E-state index contributed by atoms with van der Waals surface area (Å²) in [5.41, 5.74) is -1.01. The Morgan fingerprint density at radius 1 is 1.23 bits per heavy atom. The van der Waals surface area contributed by atoms with Crippen molar-refractivity contribution in [3.63, 3.8) is 0 Å². The first-order valence-electron chi connectivity index (χ1n) is 3.97. The van der Waals surface area contributed by atoms with Crippen LogP contribution in [0.2, 0.25) is 0 Å². The van der Waals surface area contributed by atoms with Crippen LogP contribution in [-0.2, 0) is 0 Å². The quantitative estimate of drug-likeness (QED) is 0.544. The fourth-order valence-corrected chi connectivity index (χ4v) is 1.00. The third-order valence-electron chi connectivity index (χ3n) is 2.10. The highest BCUT2D eigenvalue weighted by Crippen LogP contribution is 2.41. The molecule has 0 aliphatic heterocycles. The molecule has 0 amide bonds. The average molecular weight is 188 g/mol. The first-order valence-corrected chi connectivity index (χ1v) is 3.97. The van der Waals surface area contributed by atoms with Crippen molar-refractivity contribution in [3.8, 4) is 0 Å². The fourth-order valence-electron chi connectivity index (χ4n) is 1.00. The third-order valence-corrected chi connectivity index (χ3v) is 2.10. The molecule has 0 heterocycles. The molecule has 0 radical (unpaired) electrons. The van der Waals surface area contributed by atoms with Crippen molar-refractivity contribution in [1.82, 2.24) is 0 Å². The molecule has 1 unspecified atom stereocenters. The van der Waals surface area contributed by atoms with Crippen LogP contribution in [-0.4, -0.2) is 6.18 Å². The van der Waals surface area contributed by atoms with E-state index in [4.69, 9.17) is 0 Å². The van der Waals surface area contributed by atoms with E-state index in [-0.39, 0.29) is 0 Å². The molecule has 0 saturated heterocycles. The Labute approximate surface area is 75.4 Å². The molecule has 0 saturated carbocycles. The van der Waals surface area contributed by atoms with E-state index in [0.717, 1.165) is 12.5 Å². The molecular formula is C10H11F3. The maximum atomic E-state index is 12.5. The summed E-state index contributed by atoms with van der Waals surface area (Å²) in [4.78, 5) is 0. The number of halogens is 3. The molecule has 0 fully saturated rings. The lowest BCUT2D eigenvalue weighted by Crippen LogP contribution is -2.30. The maximum absolute atomic E-state index is 12.5. The second-order valence-corrected chi connectivity index (χ2v) is 3.38. The number of alkyl halides is 3. The molecule has 1 aliphatic carbocycles. The summed E-state index contributed by atoms with van der Waals surface area (Å²) < 4.78 is 37.5. The Hall–Kier alpha value is -0.990. The normalized spacial score (nSPS) is 28.5. The van der Waals surface area contributed by atoms with E-state index in [1.807, 2.05) is 0 Å². The monoisotopic (exact) mass is 188 g/mol. The molecule has 1 atom stereocenters. The second-order valence-electron chi connectivity index (χ2n) is 3.38. The van der Waals surface area contributed by atoms with Crippen LogP contribution in [0.5, 0.6) is 0 Å². The van der Waals surface area contributed by atoms with Gasteiger partial charge in [0, 0.05) is 0 Å². The summed E-state index contributed by atoms with van der Waals surface area (Å²) >= 11 is 0. The van der Waals surface area contributed by atoms with Crippen LogP contribution in [0.4, 0.5) is 13.2 Å². The average Bonchev–Trinajstić information content (AvgIpc) is 2.13. The van der Waals surface area contributed by atoms with E-state index in [9.17, 15) is 13.2 Å². The Kier molecular flexibility index (Phi) is 2.37. The minimum Gasteiger partial charge on any atom is -0.170 e. The van der Waals surface area contributed by atoms with E-state index in [1.165, 1.54) is 24.3 Å². The molecule has 13 heavy (non-hydrogen) atoms. The third kappa shape index (κ3) is 2.02. The molecule has 1 aliphatic rings. The van der Waals surface area contributed by atoms with E-state index >= 15 is 0 Å². The molecule has 0 nitrogen and oxygen atoms in total. The van der Waals surface area contributed by atoms with Crippen LogP contribution in [0.1, 0.15) is 13.8 Å². The maximum Gasteiger partial charge on any atom is 0.400 e. The van der Waals surface area contributed by atoms with Crippen molar-refractivity contribution in [2.24, 2.45) is 5.41 Å². The van der Waals surface area contributed by atoms with Crippen molar-refractivity contribution >= 4 is 0 Å². The standard InChI is InChI=1S/C10H11F3/c1-8-4-3-6-9(2,7-5-8)10(11,12)13/h3-7H,1-2H3. The number of hydrogen-bond donors (Lipinski definition) is 0. The predicted molar refractivity (Wildman–Crippen MR) is 46.2 cm³/mol. The van der Waals surface area contributed by atoms with Gasteiger partial charge in [0.1, 0.15) is 0 Å². The van der Waals surface area contributed by atoms with Gasteiger partial charge in [0.05, 0.1) is 5.41 Å². The van der Waals surface area contributed by atoms with Crippen LogP contribution in [0.15, 0.2) is 36.0 Å². The Morgan fingerprint density at radius 2 is 1.85 bits per heavy atom. The predicted octanol–water partition coefficient (Wildman–Crippen LogP) is 3.63. The van der Waals surface area contributed by atoms with Crippen LogP contribution < -0.4 is 0 Å². The lowest BCUT2D eigenvalue weighted by Gasteiger charge is -2.24. The molecular weight excluding hydrogens is 177 g/mol. The number of rotatable bonds is 0. The number of allylic oxidation sites excluding steroid dienone is 6. The van der Waals surface area contributed by atoms with Crippen LogP contribution in [0.25, 0.3) is 0 Å². The topological polar surface area (TPSA) is 0 Å². The minimum atomic E-state index is -4.22. The summed E-state index contributed by atoms with van der Waals surface area (Å²) in [5.74, 6) is 0. The summed E-state index contributed by atoms with van der Waals surface area (Å²) in [6, 6.07) is 0. The molecule has 1 rings (SSSR count). The van der Waals surface area contributed by atoms with Gasteiger partial charge >= 0.3 is 6.18 Å². The van der Waals surface area contributed by atoms with Gasteiger partial charge in [-0.1, -0.05) is 36.0 Å². The summed E-state index contributed by atoms with van der Waals surface area (Å²) in [7, 11) is 0. The first-order chi connectivity index (χ1) is 5.85. The Bertz CT molecular complexity index is 281. The second kappa shape index (κ2) is 3.05. The molecule has 3 heteroatoms. The van der Waals surface area contributed by atoms with E-state index in [0.29, 0.717) is 0 Å². The van der Waals surface area contributed by atoms with Crippen LogP contribution >= 0.6 is 0 Å². The van der Waals surface area contributed by atoms with Gasteiger partial charge in [-0.3, -0.25) is 0 Å². The van der Waals surface area contributed by atoms with Gasteiger partial charge in [-0.15, -0.1) is 0 Å². The molecule has 0 spiro atoms. The molecule has 0 bridgehead atoms. The highest BCUT2D eigenvalue weighted by Gasteiger charge is 2.47. The van der Waals surface area contributed by atoms with Crippen molar-refractivity contribution in [2.45, 2.75) is 20.0 Å². The zero-order valence-corrected chi connectivity index (χ0v) is 7.52. The summed E-state index contributed by atoms with van der Waals surface area (Å²) in [5, 5.41) is 0. The van der Waals surface area contributed by atoms with Gasteiger partial charge in [0.25, 0.3) is 0 Å². The lowest BCUT2D eigenvalue weighted by atomic mass is 9.89. The largest absolute Gasteiger partial charge is 0.400 e. The van der Waals surface area contributed by atoms with Crippen molar-refractivity contribution in [1.29, 1.82) is 0 Å². The van der Waals surface area contributed by atoms with Gasteiger partial charge in [0.2, 0.25) is 0 Å². The van der Waals surface area contributed by atoms with Crippen molar-refractivity contribution in [2.75, 3.05) is 0 Å². The summed E-state index contributed by atoms with van der Waals surface area (Å²) in [6.45, 7) is 2.93. The van der Waals surface area contributed by atoms with Crippen LogP contribution in [0, 0.1) is 5.41 Å². The molecule has 0 aromatic rings. The van der Waals surface area contributed by atoms with Gasteiger partial charge in [-0.25, -0.2) is 0 Å². The SMILES string of the molecule is CC1=CC=CC(C)(C(F)(F)F)C=C1. The van der Waals surface area contributed by atoms with E-state index in [1.54, 1.807) is 13.0 Å². The molecule has 72 valence electrons. The lowest BCUT2D eigenvalue weighted by molar-refractivity contribution is -0.183. The Morgan fingerprint density at radius 3 is 2.38 bits per heavy atom. The van der Waals surface area contributed by atoms with Gasteiger partial charge < -0.3 is 0 Å². The van der Waals surface area contributed by atoms with E-state index in [2.05, 4.69) is 0 Å². The molecule has 0 aromatic heterocycles. The molecule has 0 aromatic carbocycles. The molecule has 0 N–H and O–H groups in total. The first kappa shape index (κ1) is 10.1. The number of hydrogen-bond acceptors (Lipinski definition) is 0. The summed E-state index contributed by atoms with van der Waals surface area (Å²) in [6.07, 6.45) is 2.73. The minimum absolute atomic E-state index is 0.823. The highest BCUT2D eigenvalue weighted by molar-refractivity contribution is 5.31. The Balaban J connectivity index is 3.03. The van der Waals surface area contributed by atoms with Gasteiger partial charge in [-0.05, 0) is 13.8 Å². The zero-order valence-electron chi connectivity index (χ0n) is 7.52. The fraction of sp³-hybridized carbons (Fsp3) is 0.400. The van der Waals surface area contributed by atoms with Gasteiger partial charge in [-0.2, -0.15) is 13.2 Å².